The van der Waals surface area contributed by atoms with E-state index >= 15 is 0 Å². The van der Waals surface area contributed by atoms with E-state index in [2.05, 4.69) is 46.6 Å². The Kier molecular flexibility index (Phi) is 10.8. The lowest BCUT2D eigenvalue weighted by atomic mass is 9.70. The number of aliphatic imine (C=N–C) groups is 2. The molecule has 0 radical (unpaired) electrons. The first-order valence-corrected chi connectivity index (χ1v) is 10.9. The molecule has 168 valence electrons. The van der Waals surface area contributed by atoms with E-state index in [9.17, 15) is 5.11 Å². The first-order valence-electron chi connectivity index (χ1n) is 10.9. The molecule has 0 heterocycles. The van der Waals surface area contributed by atoms with Gasteiger partial charge < -0.3 is 14.7 Å². The molecule has 0 aliphatic heterocycles. The molecule has 0 saturated carbocycles. The zero-order valence-corrected chi connectivity index (χ0v) is 20.0. The van der Waals surface area contributed by atoms with Gasteiger partial charge in [0.2, 0.25) is 0 Å². The Bertz CT molecular complexity index is 718. The van der Waals surface area contributed by atoms with Crippen LogP contribution in [0.4, 0.5) is 0 Å². The molecule has 5 nitrogen and oxygen atoms in total. The highest BCUT2D eigenvalue weighted by molar-refractivity contribution is 5.79. The van der Waals surface area contributed by atoms with Gasteiger partial charge in [-0.25, -0.2) is 0 Å². The molecular formula is C25H41N3O2. The third-order valence-corrected chi connectivity index (χ3v) is 5.96. The van der Waals surface area contributed by atoms with Crippen LogP contribution < -0.4 is 0 Å². The first kappa shape index (κ1) is 25.9. The molecule has 3 atom stereocenters. The number of likely N-dealkylation sites (N-methyl/N-ethyl adjacent to an activating group) is 1. The van der Waals surface area contributed by atoms with Crippen LogP contribution in [0.25, 0.3) is 0 Å². The SMILES string of the molecule is C=C(CN(C)C(C)=NCC)C(O)(CC)[C@@H]1/C=C(/C=C(\C=NC)OC)C=CCCC1C. The maximum atomic E-state index is 11.9. The van der Waals surface area contributed by atoms with Crippen LogP contribution in [0, 0.1) is 11.8 Å². The molecule has 0 bridgehead atoms. The van der Waals surface area contributed by atoms with Gasteiger partial charge in [0.05, 0.1) is 24.8 Å². The summed E-state index contributed by atoms with van der Waals surface area (Å²) in [6.45, 7) is 13.9. The van der Waals surface area contributed by atoms with Crippen molar-refractivity contribution in [1.82, 2.24) is 4.90 Å². The summed E-state index contributed by atoms with van der Waals surface area (Å²) in [6.07, 6.45) is 12.7. The van der Waals surface area contributed by atoms with Gasteiger partial charge in [-0.05, 0) is 56.3 Å². The Morgan fingerprint density at radius 1 is 1.43 bits per heavy atom. The van der Waals surface area contributed by atoms with E-state index in [-0.39, 0.29) is 5.92 Å². The minimum atomic E-state index is -1.00. The van der Waals surface area contributed by atoms with E-state index in [1.807, 2.05) is 33.9 Å². The average molecular weight is 416 g/mol. The first-order chi connectivity index (χ1) is 14.2. The van der Waals surface area contributed by atoms with E-state index in [4.69, 9.17) is 4.74 Å². The zero-order valence-electron chi connectivity index (χ0n) is 20.0. The van der Waals surface area contributed by atoms with Crippen molar-refractivity contribution in [3.63, 3.8) is 0 Å². The number of methoxy groups -OCH3 is 1. The highest BCUT2D eigenvalue weighted by Gasteiger charge is 2.40. The van der Waals surface area contributed by atoms with Crippen LogP contribution in [0.15, 0.2) is 57.8 Å². The largest absolute Gasteiger partial charge is 0.495 e. The van der Waals surface area contributed by atoms with Crippen molar-refractivity contribution in [1.29, 1.82) is 0 Å². The summed E-state index contributed by atoms with van der Waals surface area (Å²) in [6, 6.07) is 0. The highest BCUT2D eigenvalue weighted by atomic mass is 16.5. The number of hydrogen-bond donors (Lipinski definition) is 1. The summed E-state index contributed by atoms with van der Waals surface area (Å²) >= 11 is 0. The van der Waals surface area contributed by atoms with Crippen molar-refractivity contribution in [3.8, 4) is 0 Å². The predicted octanol–water partition coefficient (Wildman–Crippen LogP) is 4.81. The number of nitrogens with zero attached hydrogens (tertiary/aromatic N) is 3. The normalized spacial score (nSPS) is 24.6. The van der Waals surface area contributed by atoms with Crippen molar-refractivity contribution >= 4 is 12.1 Å². The topological polar surface area (TPSA) is 57.4 Å². The minimum absolute atomic E-state index is 0.0558. The van der Waals surface area contributed by atoms with Gasteiger partial charge in [0.25, 0.3) is 0 Å². The van der Waals surface area contributed by atoms with E-state index in [0.717, 1.165) is 36.4 Å². The van der Waals surface area contributed by atoms with Gasteiger partial charge in [0, 0.05) is 33.1 Å². The Morgan fingerprint density at radius 3 is 2.70 bits per heavy atom. The molecule has 1 N–H and O–H groups in total. The number of ether oxygens (including phenoxy) is 1. The number of rotatable bonds is 9. The molecule has 5 heteroatoms. The monoisotopic (exact) mass is 415 g/mol. The van der Waals surface area contributed by atoms with Crippen LogP contribution in [0.2, 0.25) is 0 Å². The summed E-state index contributed by atoms with van der Waals surface area (Å²) in [5.74, 6) is 1.89. The number of aliphatic hydroxyl groups is 1. The standard InChI is InChI=1S/C25H41N3O2/c1-9-25(29,20(4)18-28(7)21(5)27-10-2)24-16-22(14-12-11-13-19(24)3)15-23(30-8)17-26-6/h12,14-17,19,24,29H,4,9-11,13,18H2,1-3,5-8H3/b14-12?,22-16+,23-15+,26-17?,27-21?/t19?,24-,25?/m1/s1. The fourth-order valence-electron chi connectivity index (χ4n) is 3.94. The number of amidine groups is 1. The smallest absolute Gasteiger partial charge is 0.137 e. The van der Waals surface area contributed by atoms with E-state index in [0.29, 0.717) is 24.6 Å². The Hall–Kier alpha value is -2.14. The maximum absolute atomic E-state index is 11.9. The lowest BCUT2D eigenvalue weighted by molar-refractivity contribution is 0.00624. The molecule has 0 saturated heterocycles. The van der Waals surface area contributed by atoms with Gasteiger partial charge in [0.15, 0.2) is 0 Å². The molecule has 2 unspecified atom stereocenters. The summed E-state index contributed by atoms with van der Waals surface area (Å²) in [5.41, 5.74) is 0.831. The Labute approximate surface area is 183 Å². The van der Waals surface area contributed by atoms with Crippen molar-refractivity contribution in [2.24, 2.45) is 21.8 Å². The van der Waals surface area contributed by atoms with Crippen LogP contribution in [0.5, 0.6) is 0 Å². The summed E-state index contributed by atoms with van der Waals surface area (Å²) < 4.78 is 5.43. The van der Waals surface area contributed by atoms with Crippen molar-refractivity contribution in [2.75, 3.05) is 34.3 Å². The Balaban J connectivity index is 3.34. The quantitative estimate of drug-likeness (QED) is 0.254. The van der Waals surface area contributed by atoms with Crippen molar-refractivity contribution in [3.05, 3.63) is 47.8 Å². The molecule has 1 rings (SSSR count). The molecule has 0 aromatic carbocycles. The molecule has 1 aliphatic rings. The second-order valence-corrected chi connectivity index (χ2v) is 8.05. The van der Waals surface area contributed by atoms with Crippen LogP contribution in [-0.4, -0.2) is 62.0 Å². The summed E-state index contributed by atoms with van der Waals surface area (Å²) in [7, 11) is 5.36. The summed E-state index contributed by atoms with van der Waals surface area (Å²) in [5, 5.41) is 11.9. The maximum Gasteiger partial charge on any atom is 0.137 e. The number of hydrogen-bond acceptors (Lipinski definition) is 4. The second-order valence-electron chi connectivity index (χ2n) is 8.05. The Morgan fingerprint density at radius 2 is 2.13 bits per heavy atom. The van der Waals surface area contributed by atoms with Gasteiger partial charge in [-0.1, -0.05) is 38.7 Å². The minimum Gasteiger partial charge on any atom is -0.495 e. The average Bonchev–Trinajstić information content (AvgIpc) is 2.71. The molecule has 0 amide bonds. The van der Waals surface area contributed by atoms with Gasteiger partial charge >= 0.3 is 0 Å². The lowest BCUT2D eigenvalue weighted by Gasteiger charge is -2.41. The predicted molar refractivity (Wildman–Crippen MR) is 129 cm³/mol. The van der Waals surface area contributed by atoms with Crippen LogP contribution in [0.1, 0.15) is 47.0 Å². The van der Waals surface area contributed by atoms with Crippen LogP contribution in [-0.2, 0) is 4.74 Å². The van der Waals surface area contributed by atoms with Gasteiger partial charge in [-0.3, -0.25) is 9.98 Å². The van der Waals surface area contributed by atoms with E-state index < -0.39 is 5.60 Å². The molecular weight excluding hydrogens is 374 g/mol. The van der Waals surface area contributed by atoms with Gasteiger partial charge in [0.1, 0.15) is 5.76 Å². The second kappa shape index (κ2) is 12.5. The lowest BCUT2D eigenvalue weighted by Crippen LogP contribution is -2.45. The third-order valence-electron chi connectivity index (χ3n) is 5.96. The van der Waals surface area contributed by atoms with Gasteiger partial charge in [-0.15, -0.1) is 0 Å². The fraction of sp³-hybridized carbons (Fsp3) is 0.600. The molecule has 1 aliphatic carbocycles. The summed E-state index contributed by atoms with van der Waals surface area (Å²) in [4.78, 5) is 10.6. The number of allylic oxidation sites excluding steroid dienone is 5. The molecule has 0 aromatic rings. The van der Waals surface area contributed by atoms with Gasteiger partial charge in [-0.2, -0.15) is 0 Å². The molecule has 0 aromatic heterocycles. The van der Waals surface area contributed by atoms with Crippen LogP contribution >= 0.6 is 0 Å². The fourth-order valence-corrected chi connectivity index (χ4v) is 3.94. The highest BCUT2D eigenvalue weighted by Crippen LogP contribution is 2.39. The molecule has 0 fully saturated rings. The third kappa shape index (κ3) is 6.98. The molecule has 30 heavy (non-hydrogen) atoms. The van der Waals surface area contributed by atoms with E-state index in [1.165, 1.54) is 0 Å². The van der Waals surface area contributed by atoms with Crippen LogP contribution in [0.3, 0.4) is 0 Å². The van der Waals surface area contributed by atoms with E-state index in [1.54, 1.807) is 20.4 Å². The molecule has 0 spiro atoms. The van der Waals surface area contributed by atoms with Crippen molar-refractivity contribution in [2.45, 2.75) is 52.6 Å². The van der Waals surface area contributed by atoms with Crippen molar-refractivity contribution < 1.29 is 9.84 Å². The zero-order chi connectivity index (χ0) is 22.7.